The SMILES string of the molecule is O=C1Nc2c(F)cccc2NC1Cc1ccccc1. The number of halogens is 1. The second-order valence-corrected chi connectivity index (χ2v) is 4.54. The predicted molar refractivity (Wildman–Crippen MR) is 72.6 cm³/mol. The van der Waals surface area contributed by atoms with Gasteiger partial charge in [0.2, 0.25) is 5.91 Å². The second kappa shape index (κ2) is 4.72. The van der Waals surface area contributed by atoms with Crippen LogP contribution in [0.2, 0.25) is 0 Å². The molecule has 0 saturated carbocycles. The van der Waals surface area contributed by atoms with Crippen molar-refractivity contribution in [3.05, 3.63) is 59.9 Å². The van der Waals surface area contributed by atoms with Gasteiger partial charge < -0.3 is 10.6 Å². The molecule has 0 aliphatic carbocycles. The lowest BCUT2D eigenvalue weighted by molar-refractivity contribution is -0.117. The number of carbonyl (C=O) groups excluding carboxylic acids is 1. The molecule has 1 heterocycles. The summed E-state index contributed by atoms with van der Waals surface area (Å²) in [5, 5.41) is 5.71. The molecule has 1 atom stereocenters. The van der Waals surface area contributed by atoms with Crippen LogP contribution in [-0.4, -0.2) is 11.9 Å². The molecule has 1 aliphatic heterocycles. The largest absolute Gasteiger partial charge is 0.372 e. The van der Waals surface area contributed by atoms with Gasteiger partial charge in [0, 0.05) is 6.42 Å². The first kappa shape index (κ1) is 11.7. The Labute approximate surface area is 110 Å². The van der Waals surface area contributed by atoms with E-state index in [0.29, 0.717) is 12.1 Å². The van der Waals surface area contributed by atoms with Crippen LogP contribution in [0.1, 0.15) is 5.56 Å². The molecule has 0 radical (unpaired) electrons. The third-order valence-electron chi connectivity index (χ3n) is 3.19. The number of para-hydroxylation sites is 1. The third kappa shape index (κ3) is 2.29. The van der Waals surface area contributed by atoms with Crippen LogP contribution in [0, 0.1) is 5.82 Å². The van der Waals surface area contributed by atoms with Gasteiger partial charge in [-0.1, -0.05) is 36.4 Å². The highest BCUT2D eigenvalue weighted by Gasteiger charge is 2.27. The molecule has 0 aromatic heterocycles. The average molecular weight is 256 g/mol. The zero-order valence-electron chi connectivity index (χ0n) is 10.2. The van der Waals surface area contributed by atoms with Gasteiger partial charge in [0.1, 0.15) is 17.5 Å². The number of benzene rings is 2. The molecule has 2 aromatic carbocycles. The lowest BCUT2D eigenvalue weighted by Crippen LogP contribution is -2.40. The van der Waals surface area contributed by atoms with Crippen LogP contribution in [0.15, 0.2) is 48.5 Å². The van der Waals surface area contributed by atoms with Crippen molar-refractivity contribution in [1.29, 1.82) is 0 Å². The van der Waals surface area contributed by atoms with Gasteiger partial charge in [-0.15, -0.1) is 0 Å². The number of rotatable bonds is 2. The van der Waals surface area contributed by atoms with E-state index in [2.05, 4.69) is 10.6 Å². The van der Waals surface area contributed by atoms with Gasteiger partial charge >= 0.3 is 0 Å². The predicted octanol–water partition coefficient (Wildman–Crippen LogP) is 2.80. The van der Waals surface area contributed by atoms with Crippen LogP contribution < -0.4 is 10.6 Å². The average Bonchev–Trinajstić information content (AvgIpc) is 2.42. The third-order valence-corrected chi connectivity index (χ3v) is 3.19. The van der Waals surface area contributed by atoms with Gasteiger partial charge in [-0.3, -0.25) is 4.79 Å². The number of anilines is 2. The number of carbonyl (C=O) groups is 1. The Hall–Kier alpha value is -2.36. The normalized spacial score (nSPS) is 17.3. The Bertz CT molecular complexity index is 613. The summed E-state index contributed by atoms with van der Waals surface area (Å²) >= 11 is 0. The fourth-order valence-corrected chi connectivity index (χ4v) is 2.23. The lowest BCUT2D eigenvalue weighted by atomic mass is 10.0. The Morgan fingerprint density at radius 1 is 1.05 bits per heavy atom. The molecule has 0 bridgehead atoms. The van der Waals surface area contributed by atoms with E-state index in [9.17, 15) is 9.18 Å². The van der Waals surface area contributed by atoms with E-state index in [1.807, 2.05) is 30.3 Å². The molecule has 2 N–H and O–H groups in total. The molecule has 3 rings (SSSR count). The van der Waals surface area contributed by atoms with Gasteiger partial charge in [-0.2, -0.15) is 0 Å². The summed E-state index contributed by atoms with van der Waals surface area (Å²) < 4.78 is 13.5. The molecule has 96 valence electrons. The molecule has 2 aromatic rings. The van der Waals surface area contributed by atoms with E-state index in [1.54, 1.807) is 12.1 Å². The maximum absolute atomic E-state index is 13.5. The molecule has 1 aliphatic rings. The second-order valence-electron chi connectivity index (χ2n) is 4.54. The molecular weight excluding hydrogens is 243 g/mol. The van der Waals surface area contributed by atoms with E-state index >= 15 is 0 Å². The van der Waals surface area contributed by atoms with Crippen LogP contribution in [0.3, 0.4) is 0 Å². The monoisotopic (exact) mass is 256 g/mol. The van der Waals surface area contributed by atoms with Crippen LogP contribution in [-0.2, 0) is 11.2 Å². The van der Waals surface area contributed by atoms with Gasteiger partial charge in [-0.25, -0.2) is 4.39 Å². The van der Waals surface area contributed by atoms with Gasteiger partial charge in [0.15, 0.2) is 0 Å². The molecule has 0 spiro atoms. The molecule has 0 saturated heterocycles. The lowest BCUT2D eigenvalue weighted by Gasteiger charge is -2.27. The molecular formula is C15H13FN2O. The van der Waals surface area contributed by atoms with Crippen LogP contribution in [0.25, 0.3) is 0 Å². The Balaban J connectivity index is 1.84. The Morgan fingerprint density at radius 2 is 1.84 bits per heavy atom. The molecule has 3 nitrogen and oxygen atoms in total. The number of hydrogen-bond donors (Lipinski definition) is 2. The van der Waals surface area contributed by atoms with Crippen LogP contribution >= 0.6 is 0 Å². The van der Waals surface area contributed by atoms with E-state index in [-0.39, 0.29) is 17.6 Å². The summed E-state index contributed by atoms with van der Waals surface area (Å²) in [6, 6.07) is 14.1. The van der Waals surface area contributed by atoms with Crippen molar-refractivity contribution in [3.63, 3.8) is 0 Å². The first-order valence-corrected chi connectivity index (χ1v) is 6.14. The maximum atomic E-state index is 13.5. The summed E-state index contributed by atoms with van der Waals surface area (Å²) in [6.07, 6.45) is 0.572. The minimum atomic E-state index is -0.420. The van der Waals surface area contributed by atoms with Crippen molar-refractivity contribution in [3.8, 4) is 0 Å². The first-order valence-electron chi connectivity index (χ1n) is 6.14. The van der Waals surface area contributed by atoms with Crippen molar-refractivity contribution in [1.82, 2.24) is 0 Å². The maximum Gasteiger partial charge on any atom is 0.247 e. The molecule has 1 unspecified atom stereocenters. The Morgan fingerprint density at radius 3 is 2.63 bits per heavy atom. The minimum absolute atomic E-state index is 0.207. The highest BCUT2D eigenvalue weighted by molar-refractivity contribution is 6.03. The number of fused-ring (bicyclic) bond motifs is 1. The fourth-order valence-electron chi connectivity index (χ4n) is 2.23. The molecule has 19 heavy (non-hydrogen) atoms. The van der Waals surface area contributed by atoms with Gasteiger partial charge in [0.25, 0.3) is 0 Å². The zero-order valence-corrected chi connectivity index (χ0v) is 10.2. The van der Waals surface area contributed by atoms with Crippen molar-refractivity contribution in [2.24, 2.45) is 0 Å². The summed E-state index contributed by atoms with van der Waals surface area (Å²) in [5.74, 6) is -0.627. The van der Waals surface area contributed by atoms with E-state index < -0.39 is 5.82 Å². The fraction of sp³-hybridized carbons (Fsp3) is 0.133. The smallest absolute Gasteiger partial charge is 0.247 e. The quantitative estimate of drug-likeness (QED) is 0.867. The topological polar surface area (TPSA) is 41.1 Å². The minimum Gasteiger partial charge on any atom is -0.372 e. The van der Waals surface area contributed by atoms with Crippen molar-refractivity contribution < 1.29 is 9.18 Å². The first-order chi connectivity index (χ1) is 9.24. The highest BCUT2D eigenvalue weighted by atomic mass is 19.1. The van der Waals surface area contributed by atoms with Crippen molar-refractivity contribution in [2.45, 2.75) is 12.5 Å². The van der Waals surface area contributed by atoms with Crippen molar-refractivity contribution in [2.75, 3.05) is 10.6 Å². The van der Waals surface area contributed by atoms with E-state index in [1.165, 1.54) is 6.07 Å². The summed E-state index contributed by atoms with van der Waals surface area (Å²) in [7, 11) is 0. The van der Waals surface area contributed by atoms with Gasteiger partial charge in [-0.05, 0) is 17.7 Å². The van der Waals surface area contributed by atoms with Gasteiger partial charge in [0.05, 0.1) is 5.69 Å². The summed E-state index contributed by atoms with van der Waals surface area (Å²) in [4.78, 5) is 12.0. The van der Waals surface area contributed by atoms with E-state index in [4.69, 9.17) is 0 Å². The number of amides is 1. The standard InChI is InChI=1S/C15H13FN2O/c16-11-7-4-8-12-14(11)18-15(19)13(17-12)9-10-5-2-1-3-6-10/h1-8,13,17H,9H2,(H,18,19). The summed E-state index contributed by atoms with van der Waals surface area (Å²) in [6.45, 7) is 0. The molecule has 0 fully saturated rings. The Kier molecular flexibility index (Phi) is 2.91. The molecule has 4 heteroatoms. The van der Waals surface area contributed by atoms with Crippen molar-refractivity contribution >= 4 is 17.3 Å². The highest BCUT2D eigenvalue weighted by Crippen LogP contribution is 2.29. The number of nitrogens with one attached hydrogen (secondary N) is 2. The zero-order chi connectivity index (χ0) is 13.2. The van der Waals surface area contributed by atoms with Crippen LogP contribution in [0.4, 0.5) is 15.8 Å². The summed E-state index contributed by atoms with van der Waals surface area (Å²) in [5.41, 5.74) is 1.92. The van der Waals surface area contributed by atoms with Crippen LogP contribution in [0.5, 0.6) is 0 Å². The van der Waals surface area contributed by atoms with E-state index in [0.717, 1.165) is 5.56 Å². The number of hydrogen-bond acceptors (Lipinski definition) is 2. The molecule has 1 amide bonds.